The van der Waals surface area contributed by atoms with Crippen molar-refractivity contribution in [1.29, 1.82) is 0 Å². The number of nitro groups is 1. The van der Waals surface area contributed by atoms with Crippen molar-refractivity contribution in [3.63, 3.8) is 0 Å². The Morgan fingerprint density at radius 2 is 1.78 bits per heavy atom. The van der Waals surface area contributed by atoms with Crippen molar-refractivity contribution < 1.29 is 9.72 Å². The average Bonchev–Trinajstić information content (AvgIpc) is 2.39. The van der Waals surface area contributed by atoms with E-state index in [1.165, 1.54) is 18.2 Å². The van der Waals surface area contributed by atoms with Crippen LogP contribution in [0.4, 0.5) is 5.69 Å². The molecule has 5 heteroatoms. The monoisotopic (exact) mass is 242 g/mol. The van der Waals surface area contributed by atoms with Gasteiger partial charge in [0.05, 0.1) is 10.5 Å². The largest absolute Gasteiger partial charge is 0.366 e. The van der Waals surface area contributed by atoms with Crippen LogP contribution in [-0.2, 0) is 0 Å². The van der Waals surface area contributed by atoms with Crippen LogP contribution in [0.3, 0.4) is 0 Å². The topological polar surface area (TPSA) is 86.2 Å². The normalized spacial score (nSPS) is 10.0. The molecule has 0 radical (unpaired) electrons. The molecule has 0 unspecified atom stereocenters. The Labute approximate surface area is 103 Å². The van der Waals surface area contributed by atoms with E-state index in [-0.39, 0.29) is 11.3 Å². The van der Waals surface area contributed by atoms with Crippen molar-refractivity contribution in [2.24, 2.45) is 5.73 Å². The van der Waals surface area contributed by atoms with Crippen molar-refractivity contribution in [1.82, 2.24) is 0 Å². The zero-order valence-electron chi connectivity index (χ0n) is 9.37. The molecular formula is C13H10N2O3. The molecule has 0 saturated carbocycles. The van der Waals surface area contributed by atoms with Gasteiger partial charge in [-0.3, -0.25) is 14.9 Å². The molecule has 0 aliphatic rings. The van der Waals surface area contributed by atoms with E-state index in [9.17, 15) is 14.9 Å². The van der Waals surface area contributed by atoms with Crippen LogP contribution in [0.2, 0.25) is 0 Å². The minimum atomic E-state index is -0.683. The maximum Gasteiger partial charge on any atom is 0.277 e. The minimum Gasteiger partial charge on any atom is -0.366 e. The number of amides is 1. The summed E-state index contributed by atoms with van der Waals surface area (Å²) < 4.78 is 0. The molecule has 2 aromatic carbocycles. The zero-order valence-corrected chi connectivity index (χ0v) is 9.37. The van der Waals surface area contributed by atoms with Gasteiger partial charge in [-0.05, 0) is 17.7 Å². The van der Waals surface area contributed by atoms with Gasteiger partial charge in [-0.25, -0.2) is 0 Å². The van der Waals surface area contributed by atoms with Gasteiger partial charge in [-0.15, -0.1) is 0 Å². The van der Waals surface area contributed by atoms with Gasteiger partial charge >= 0.3 is 0 Å². The lowest BCUT2D eigenvalue weighted by molar-refractivity contribution is -0.384. The molecule has 0 bridgehead atoms. The highest BCUT2D eigenvalue weighted by molar-refractivity contribution is 5.94. The summed E-state index contributed by atoms with van der Waals surface area (Å²) in [7, 11) is 0. The Morgan fingerprint density at radius 3 is 2.33 bits per heavy atom. The molecule has 0 aliphatic carbocycles. The van der Waals surface area contributed by atoms with Crippen molar-refractivity contribution in [2.45, 2.75) is 0 Å². The summed E-state index contributed by atoms with van der Waals surface area (Å²) >= 11 is 0. The number of nitro benzene ring substituents is 1. The summed E-state index contributed by atoms with van der Waals surface area (Å²) in [4.78, 5) is 21.5. The highest BCUT2D eigenvalue weighted by Gasteiger charge is 2.17. The van der Waals surface area contributed by atoms with Crippen LogP contribution < -0.4 is 5.73 Å². The predicted molar refractivity (Wildman–Crippen MR) is 67.1 cm³/mol. The van der Waals surface area contributed by atoms with E-state index in [1.54, 1.807) is 24.3 Å². The molecule has 2 N–H and O–H groups in total. The Balaban J connectivity index is 2.61. The van der Waals surface area contributed by atoms with Crippen molar-refractivity contribution in [3.8, 4) is 11.1 Å². The van der Waals surface area contributed by atoms with E-state index in [4.69, 9.17) is 5.73 Å². The number of rotatable bonds is 3. The molecule has 0 spiro atoms. The van der Waals surface area contributed by atoms with Crippen molar-refractivity contribution in [2.75, 3.05) is 0 Å². The van der Waals surface area contributed by atoms with Gasteiger partial charge in [-0.1, -0.05) is 30.3 Å². The molecule has 0 aliphatic heterocycles. The maximum absolute atomic E-state index is 11.0. The lowest BCUT2D eigenvalue weighted by atomic mass is 10.0. The van der Waals surface area contributed by atoms with Crippen molar-refractivity contribution >= 4 is 11.6 Å². The highest BCUT2D eigenvalue weighted by atomic mass is 16.6. The summed E-state index contributed by atoms with van der Waals surface area (Å²) in [5, 5.41) is 11.0. The first-order valence-electron chi connectivity index (χ1n) is 5.23. The zero-order chi connectivity index (χ0) is 13.1. The van der Waals surface area contributed by atoms with E-state index >= 15 is 0 Å². The lowest BCUT2D eigenvalue weighted by Crippen LogP contribution is -2.11. The molecule has 0 heterocycles. The molecular weight excluding hydrogens is 232 g/mol. The maximum atomic E-state index is 11.0. The molecule has 0 aromatic heterocycles. The smallest absolute Gasteiger partial charge is 0.277 e. The highest BCUT2D eigenvalue weighted by Crippen LogP contribution is 2.30. The number of carbonyl (C=O) groups is 1. The second kappa shape index (κ2) is 4.67. The SMILES string of the molecule is NC(=O)c1ccc(-c2ccccc2)c([N+](=O)[O-])c1. The van der Waals surface area contributed by atoms with Gasteiger partial charge in [0.15, 0.2) is 0 Å². The van der Waals surface area contributed by atoms with Crippen molar-refractivity contribution in [3.05, 3.63) is 64.2 Å². The Bertz CT molecular complexity index is 609. The van der Waals surface area contributed by atoms with Gasteiger partial charge in [-0.2, -0.15) is 0 Å². The molecule has 5 nitrogen and oxygen atoms in total. The van der Waals surface area contributed by atoms with Crippen LogP contribution in [0.15, 0.2) is 48.5 Å². The number of carbonyl (C=O) groups excluding carboxylic acids is 1. The summed E-state index contributed by atoms with van der Waals surface area (Å²) in [6.07, 6.45) is 0. The predicted octanol–water partition coefficient (Wildman–Crippen LogP) is 2.36. The molecule has 0 saturated heterocycles. The number of hydrogen-bond acceptors (Lipinski definition) is 3. The third-order valence-electron chi connectivity index (χ3n) is 2.56. The van der Waals surface area contributed by atoms with E-state index < -0.39 is 10.8 Å². The van der Waals surface area contributed by atoms with Crippen LogP contribution >= 0.6 is 0 Å². The summed E-state index contributed by atoms with van der Waals surface area (Å²) in [5.74, 6) is -0.683. The first kappa shape index (κ1) is 11.8. The molecule has 18 heavy (non-hydrogen) atoms. The van der Waals surface area contributed by atoms with Crippen LogP contribution in [-0.4, -0.2) is 10.8 Å². The number of benzene rings is 2. The van der Waals surface area contributed by atoms with Gasteiger partial charge < -0.3 is 5.73 Å². The van der Waals surface area contributed by atoms with Gasteiger partial charge in [0.25, 0.3) is 5.69 Å². The average molecular weight is 242 g/mol. The van der Waals surface area contributed by atoms with E-state index in [1.807, 2.05) is 6.07 Å². The van der Waals surface area contributed by atoms with Crippen LogP contribution in [0.5, 0.6) is 0 Å². The Kier molecular flexibility index (Phi) is 3.05. The first-order valence-corrected chi connectivity index (χ1v) is 5.23. The Morgan fingerprint density at radius 1 is 1.11 bits per heavy atom. The van der Waals surface area contributed by atoms with Gasteiger partial charge in [0.1, 0.15) is 0 Å². The molecule has 90 valence electrons. The number of primary amides is 1. The van der Waals surface area contributed by atoms with E-state index in [2.05, 4.69) is 0 Å². The lowest BCUT2D eigenvalue weighted by Gasteiger charge is -2.04. The second-order valence-electron chi connectivity index (χ2n) is 3.72. The van der Waals surface area contributed by atoms with Gasteiger partial charge in [0, 0.05) is 11.6 Å². The third-order valence-corrected chi connectivity index (χ3v) is 2.56. The molecule has 2 aromatic rings. The minimum absolute atomic E-state index is 0.126. The number of nitrogens with zero attached hydrogens (tertiary/aromatic N) is 1. The van der Waals surface area contributed by atoms with E-state index in [0.29, 0.717) is 5.56 Å². The number of nitrogens with two attached hydrogens (primary N) is 1. The van der Waals surface area contributed by atoms with Crippen LogP contribution in [0, 0.1) is 10.1 Å². The quantitative estimate of drug-likeness (QED) is 0.662. The fourth-order valence-corrected chi connectivity index (χ4v) is 1.70. The summed E-state index contributed by atoms with van der Waals surface area (Å²) in [5.41, 5.74) is 6.29. The molecule has 0 atom stereocenters. The standard InChI is InChI=1S/C13H10N2O3/c14-13(16)10-6-7-11(12(8-10)15(17)18)9-4-2-1-3-5-9/h1-8H,(H2,14,16). The summed E-state index contributed by atoms with van der Waals surface area (Å²) in [6.45, 7) is 0. The van der Waals surface area contributed by atoms with Crippen LogP contribution in [0.1, 0.15) is 10.4 Å². The molecule has 0 fully saturated rings. The Hall–Kier alpha value is -2.69. The third kappa shape index (κ3) is 2.20. The van der Waals surface area contributed by atoms with E-state index in [0.717, 1.165) is 5.56 Å². The number of hydrogen-bond donors (Lipinski definition) is 1. The molecule has 1 amide bonds. The first-order chi connectivity index (χ1) is 8.59. The second-order valence-corrected chi connectivity index (χ2v) is 3.72. The summed E-state index contributed by atoms with van der Waals surface area (Å²) in [6, 6.07) is 13.2. The molecule has 2 rings (SSSR count). The van der Waals surface area contributed by atoms with Crippen LogP contribution in [0.25, 0.3) is 11.1 Å². The fourth-order valence-electron chi connectivity index (χ4n) is 1.70. The van der Waals surface area contributed by atoms with Gasteiger partial charge in [0.2, 0.25) is 5.91 Å². The fraction of sp³-hybridized carbons (Fsp3) is 0.